The highest BCUT2D eigenvalue weighted by atomic mass is 35.5. The van der Waals surface area contributed by atoms with Gasteiger partial charge < -0.3 is 10.3 Å². The zero-order valence-electron chi connectivity index (χ0n) is 11.0. The number of halogens is 2. The Balaban J connectivity index is 2.13. The molecule has 0 spiro atoms. The van der Waals surface area contributed by atoms with E-state index in [0.717, 1.165) is 22.0 Å². The van der Waals surface area contributed by atoms with Crippen LogP contribution in [0.5, 0.6) is 0 Å². The molecule has 0 bridgehead atoms. The molecule has 0 amide bonds. The molecule has 3 aromatic rings. The predicted molar refractivity (Wildman–Crippen MR) is 80.4 cm³/mol. The van der Waals surface area contributed by atoms with Gasteiger partial charge in [-0.25, -0.2) is 4.39 Å². The smallest absolute Gasteiger partial charge is 0.123 e. The fourth-order valence-corrected chi connectivity index (χ4v) is 2.66. The third-order valence-electron chi connectivity index (χ3n) is 3.55. The fourth-order valence-electron chi connectivity index (χ4n) is 2.49. The number of nitrogens with zero attached hydrogens (tertiary/aromatic N) is 1. The molecule has 2 aromatic carbocycles. The molecule has 1 unspecified atom stereocenters. The summed E-state index contributed by atoms with van der Waals surface area (Å²) in [6, 6.07) is 11.7. The van der Waals surface area contributed by atoms with Crippen LogP contribution in [0.15, 0.2) is 48.7 Å². The molecule has 0 aliphatic carbocycles. The summed E-state index contributed by atoms with van der Waals surface area (Å²) in [4.78, 5) is 0. The second-order valence-electron chi connectivity index (χ2n) is 4.89. The van der Waals surface area contributed by atoms with Crippen LogP contribution in [0.3, 0.4) is 0 Å². The van der Waals surface area contributed by atoms with Gasteiger partial charge in [-0.15, -0.1) is 0 Å². The van der Waals surface area contributed by atoms with Gasteiger partial charge in [0.1, 0.15) is 5.82 Å². The van der Waals surface area contributed by atoms with Crippen molar-refractivity contribution in [3.63, 3.8) is 0 Å². The first-order chi connectivity index (χ1) is 9.56. The Labute approximate surface area is 121 Å². The van der Waals surface area contributed by atoms with E-state index in [1.807, 2.05) is 36.0 Å². The zero-order valence-corrected chi connectivity index (χ0v) is 11.7. The van der Waals surface area contributed by atoms with Gasteiger partial charge in [0, 0.05) is 29.2 Å². The average Bonchev–Trinajstić information content (AvgIpc) is 2.75. The monoisotopic (exact) mass is 288 g/mol. The number of rotatable bonds is 2. The minimum absolute atomic E-state index is 0.262. The van der Waals surface area contributed by atoms with Crippen molar-refractivity contribution in [2.45, 2.75) is 6.04 Å². The van der Waals surface area contributed by atoms with E-state index in [1.165, 1.54) is 12.1 Å². The van der Waals surface area contributed by atoms with E-state index in [-0.39, 0.29) is 11.9 Å². The van der Waals surface area contributed by atoms with Crippen LogP contribution >= 0.6 is 11.6 Å². The van der Waals surface area contributed by atoms with Crippen molar-refractivity contribution in [1.82, 2.24) is 4.57 Å². The van der Waals surface area contributed by atoms with Crippen LogP contribution in [-0.2, 0) is 7.05 Å². The Kier molecular flexibility index (Phi) is 3.24. The first kappa shape index (κ1) is 13.2. The van der Waals surface area contributed by atoms with Crippen molar-refractivity contribution in [3.8, 4) is 0 Å². The van der Waals surface area contributed by atoms with Gasteiger partial charge in [0.2, 0.25) is 0 Å². The van der Waals surface area contributed by atoms with Gasteiger partial charge in [0.05, 0.1) is 6.04 Å². The summed E-state index contributed by atoms with van der Waals surface area (Å²) in [5.41, 5.74) is 9.25. The molecule has 3 rings (SSSR count). The van der Waals surface area contributed by atoms with Gasteiger partial charge >= 0.3 is 0 Å². The molecule has 4 heteroatoms. The molecule has 0 saturated heterocycles. The molecule has 1 atom stereocenters. The lowest BCUT2D eigenvalue weighted by Crippen LogP contribution is -2.11. The Bertz CT molecular complexity index is 762. The summed E-state index contributed by atoms with van der Waals surface area (Å²) in [5.74, 6) is -0.262. The molecule has 0 saturated carbocycles. The van der Waals surface area contributed by atoms with Gasteiger partial charge in [-0.05, 0) is 41.5 Å². The van der Waals surface area contributed by atoms with E-state index < -0.39 is 0 Å². The highest BCUT2D eigenvalue weighted by Crippen LogP contribution is 2.30. The number of aryl methyl sites for hydroxylation is 1. The normalized spacial score (nSPS) is 12.8. The zero-order chi connectivity index (χ0) is 14.3. The van der Waals surface area contributed by atoms with Crippen LogP contribution in [0, 0.1) is 5.82 Å². The van der Waals surface area contributed by atoms with E-state index in [0.29, 0.717) is 5.02 Å². The lowest BCUT2D eigenvalue weighted by molar-refractivity contribution is 0.626. The maximum atomic E-state index is 13.0. The van der Waals surface area contributed by atoms with E-state index in [4.69, 9.17) is 17.3 Å². The molecular weight excluding hydrogens is 275 g/mol. The molecule has 20 heavy (non-hydrogen) atoms. The Morgan fingerprint density at radius 3 is 2.55 bits per heavy atom. The van der Waals surface area contributed by atoms with Crippen molar-refractivity contribution >= 4 is 22.5 Å². The number of nitrogens with two attached hydrogens (primary N) is 1. The standard InChI is InChI=1S/C16H14ClFN2/c1-20-9-14(13-8-11(17)4-7-15(13)20)16(19)10-2-5-12(18)6-3-10/h2-9,16H,19H2,1H3. The van der Waals surface area contributed by atoms with Crippen molar-refractivity contribution in [2.24, 2.45) is 12.8 Å². The summed E-state index contributed by atoms with van der Waals surface area (Å²) >= 11 is 6.07. The van der Waals surface area contributed by atoms with Crippen LogP contribution in [-0.4, -0.2) is 4.57 Å². The van der Waals surface area contributed by atoms with Gasteiger partial charge in [-0.3, -0.25) is 0 Å². The van der Waals surface area contributed by atoms with E-state index in [9.17, 15) is 4.39 Å². The minimum Gasteiger partial charge on any atom is -0.350 e. The molecule has 2 nitrogen and oxygen atoms in total. The van der Waals surface area contributed by atoms with Crippen LogP contribution in [0.4, 0.5) is 4.39 Å². The maximum Gasteiger partial charge on any atom is 0.123 e. The molecule has 0 fully saturated rings. The van der Waals surface area contributed by atoms with Crippen molar-refractivity contribution in [3.05, 3.63) is 70.6 Å². The lowest BCUT2D eigenvalue weighted by atomic mass is 9.99. The topological polar surface area (TPSA) is 30.9 Å². The minimum atomic E-state index is -0.308. The van der Waals surface area contributed by atoms with Gasteiger partial charge in [0.15, 0.2) is 0 Å². The van der Waals surface area contributed by atoms with Gasteiger partial charge in [0.25, 0.3) is 0 Å². The number of aromatic nitrogens is 1. The molecule has 0 aliphatic rings. The van der Waals surface area contributed by atoms with E-state index >= 15 is 0 Å². The SMILES string of the molecule is Cn1cc(C(N)c2ccc(F)cc2)c2cc(Cl)ccc21. The maximum absolute atomic E-state index is 13.0. The van der Waals surface area contributed by atoms with Crippen LogP contribution in [0.2, 0.25) is 5.02 Å². The number of benzene rings is 2. The van der Waals surface area contributed by atoms with Crippen molar-refractivity contribution < 1.29 is 4.39 Å². The van der Waals surface area contributed by atoms with Crippen LogP contribution in [0.1, 0.15) is 17.2 Å². The Morgan fingerprint density at radius 1 is 1.15 bits per heavy atom. The first-order valence-corrected chi connectivity index (χ1v) is 6.69. The number of fused-ring (bicyclic) bond motifs is 1. The summed E-state index contributed by atoms with van der Waals surface area (Å²) < 4.78 is 15.0. The highest BCUT2D eigenvalue weighted by molar-refractivity contribution is 6.31. The molecule has 0 radical (unpaired) electrons. The molecule has 1 heterocycles. The van der Waals surface area contributed by atoms with Crippen LogP contribution in [0.25, 0.3) is 10.9 Å². The highest BCUT2D eigenvalue weighted by Gasteiger charge is 2.15. The molecule has 102 valence electrons. The fraction of sp³-hybridized carbons (Fsp3) is 0.125. The number of hydrogen-bond acceptors (Lipinski definition) is 1. The Morgan fingerprint density at radius 2 is 1.85 bits per heavy atom. The van der Waals surface area contributed by atoms with E-state index in [2.05, 4.69) is 0 Å². The van der Waals surface area contributed by atoms with Crippen molar-refractivity contribution in [2.75, 3.05) is 0 Å². The third-order valence-corrected chi connectivity index (χ3v) is 3.78. The van der Waals surface area contributed by atoms with Gasteiger partial charge in [-0.1, -0.05) is 23.7 Å². The quantitative estimate of drug-likeness (QED) is 0.759. The van der Waals surface area contributed by atoms with E-state index in [1.54, 1.807) is 12.1 Å². The lowest BCUT2D eigenvalue weighted by Gasteiger charge is -2.11. The van der Waals surface area contributed by atoms with Gasteiger partial charge in [-0.2, -0.15) is 0 Å². The molecular formula is C16H14ClFN2. The molecule has 2 N–H and O–H groups in total. The summed E-state index contributed by atoms with van der Waals surface area (Å²) in [5, 5.41) is 1.70. The Hall–Kier alpha value is -1.84. The first-order valence-electron chi connectivity index (χ1n) is 6.32. The number of hydrogen-bond donors (Lipinski definition) is 1. The molecule has 0 aliphatic heterocycles. The summed E-state index contributed by atoms with van der Waals surface area (Å²) in [6.45, 7) is 0. The average molecular weight is 289 g/mol. The summed E-state index contributed by atoms with van der Waals surface area (Å²) in [6.07, 6.45) is 2.00. The summed E-state index contributed by atoms with van der Waals surface area (Å²) in [7, 11) is 1.97. The second-order valence-corrected chi connectivity index (χ2v) is 5.32. The van der Waals surface area contributed by atoms with Crippen LogP contribution < -0.4 is 5.73 Å². The third kappa shape index (κ3) is 2.19. The van der Waals surface area contributed by atoms with Crippen molar-refractivity contribution in [1.29, 1.82) is 0 Å². The largest absolute Gasteiger partial charge is 0.350 e. The second kappa shape index (κ2) is 4.93. The predicted octanol–water partition coefficient (Wildman–Crippen LogP) is 4.02. The molecule has 1 aromatic heterocycles.